The van der Waals surface area contributed by atoms with Crippen molar-refractivity contribution in [2.45, 2.75) is 0 Å². The second kappa shape index (κ2) is 4.09. The molecule has 0 spiro atoms. The summed E-state index contributed by atoms with van der Waals surface area (Å²) in [6, 6.07) is 4.36. The van der Waals surface area contributed by atoms with Gasteiger partial charge in [0.1, 0.15) is 5.82 Å². The number of carbonyl (C=O) groups excluding carboxylic acids is 1. The van der Waals surface area contributed by atoms with E-state index in [0.29, 0.717) is 0 Å². The highest BCUT2D eigenvalue weighted by molar-refractivity contribution is 5.95. The Bertz CT molecular complexity index is 350. The van der Waals surface area contributed by atoms with Gasteiger partial charge < -0.3 is 10.2 Å². The number of carbonyl (C=O) groups is 1. The van der Waals surface area contributed by atoms with E-state index in [4.69, 9.17) is 0 Å². The van der Waals surface area contributed by atoms with Gasteiger partial charge in [-0.15, -0.1) is 0 Å². The highest BCUT2D eigenvalue weighted by atomic mass is 19.1. The summed E-state index contributed by atoms with van der Waals surface area (Å²) in [4.78, 5) is 12.8. The van der Waals surface area contributed by atoms with Crippen LogP contribution in [0.4, 0.5) is 10.1 Å². The second-order valence-corrected chi connectivity index (χ2v) is 3.14. The number of nitrogens with zero attached hydrogens (tertiary/aromatic N) is 1. The van der Waals surface area contributed by atoms with Crippen LogP contribution in [0.3, 0.4) is 0 Å². The predicted molar refractivity (Wildman–Crippen MR) is 54.0 cm³/mol. The summed E-state index contributed by atoms with van der Waals surface area (Å²) in [5.41, 5.74) is 0.804. The van der Waals surface area contributed by atoms with E-state index in [0.717, 1.165) is 5.69 Å². The van der Waals surface area contributed by atoms with Crippen LogP contribution >= 0.6 is 0 Å². The van der Waals surface area contributed by atoms with Crippen molar-refractivity contribution in [3.8, 4) is 0 Å². The monoisotopic (exact) mass is 196 g/mol. The summed E-state index contributed by atoms with van der Waals surface area (Å²) in [7, 11) is 4.90. The molecule has 0 atom stereocenters. The zero-order valence-corrected chi connectivity index (χ0v) is 8.47. The standard InChI is InChI=1S/C10H13FN2O/c1-12-7-4-5-9(11)8(6-7)10(14)13(2)3/h4-6,12H,1-3H3. The first-order valence-electron chi connectivity index (χ1n) is 4.25. The summed E-state index contributed by atoms with van der Waals surface area (Å²) in [6.07, 6.45) is 0. The minimum atomic E-state index is -0.497. The Morgan fingerprint density at radius 3 is 2.57 bits per heavy atom. The van der Waals surface area contributed by atoms with Crippen LogP contribution < -0.4 is 5.32 Å². The molecule has 0 aromatic heterocycles. The molecule has 0 aliphatic heterocycles. The molecule has 0 heterocycles. The molecule has 1 amide bonds. The molecule has 1 rings (SSSR count). The Kier molecular flexibility index (Phi) is 3.06. The van der Waals surface area contributed by atoms with Crippen molar-refractivity contribution in [2.75, 3.05) is 26.5 Å². The van der Waals surface area contributed by atoms with Crippen LogP contribution in [0.15, 0.2) is 18.2 Å². The first-order valence-corrected chi connectivity index (χ1v) is 4.25. The fourth-order valence-electron chi connectivity index (χ4n) is 1.09. The Balaban J connectivity index is 3.12. The largest absolute Gasteiger partial charge is 0.388 e. The molecule has 76 valence electrons. The Labute approximate surface area is 82.5 Å². The molecule has 0 bridgehead atoms. The average molecular weight is 196 g/mol. The maximum absolute atomic E-state index is 13.2. The van der Waals surface area contributed by atoms with E-state index in [2.05, 4.69) is 5.32 Å². The molecule has 3 nitrogen and oxygen atoms in total. The fourth-order valence-corrected chi connectivity index (χ4v) is 1.09. The highest BCUT2D eigenvalue weighted by Crippen LogP contribution is 2.15. The van der Waals surface area contributed by atoms with E-state index < -0.39 is 5.82 Å². The summed E-state index contributed by atoms with van der Waals surface area (Å²) >= 11 is 0. The minimum absolute atomic E-state index is 0.0850. The predicted octanol–water partition coefficient (Wildman–Crippen LogP) is 1.57. The van der Waals surface area contributed by atoms with Gasteiger partial charge in [0.25, 0.3) is 5.91 Å². The van der Waals surface area contributed by atoms with Gasteiger partial charge in [0, 0.05) is 26.8 Å². The number of benzene rings is 1. The molecular formula is C10H13FN2O. The lowest BCUT2D eigenvalue weighted by Gasteiger charge is -2.11. The molecule has 1 N–H and O–H groups in total. The van der Waals surface area contributed by atoms with E-state index in [1.165, 1.54) is 17.0 Å². The van der Waals surface area contributed by atoms with Crippen molar-refractivity contribution in [3.63, 3.8) is 0 Å². The lowest BCUT2D eigenvalue weighted by atomic mass is 10.1. The van der Waals surface area contributed by atoms with Crippen LogP contribution in [0.5, 0.6) is 0 Å². The van der Waals surface area contributed by atoms with E-state index >= 15 is 0 Å². The van der Waals surface area contributed by atoms with Crippen molar-refractivity contribution < 1.29 is 9.18 Å². The van der Waals surface area contributed by atoms with Gasteiger partial charge in [-0.2, -0.15) is 0 Å². The third kappa shape index (κ3) is 2.02. The van der Waals surface area contributed by atoms with Crippen molar-refractivity contribution >= 4 is 11.6 Å². The number of rotatable bonds is 2. The second-order valence-electron chi connectivity index (χ2n) is 3.14. The molecule has 0 saturated heterocycles. The number of amides is 1. The molecule has 0 saturated carbocycles. The van der Waals surface area contributed by atoms with E-state index in [9.17, 15) is 9.18 Å². The Morgan fingerprint density at radius 2 is 2.07 bits per heavy atom. The first-order chi connectivity index (χ1) is 6.56. The van der Waals surface area contributed by atoms with Crippen molar-refractivity contribution in [2.24, 2.45) is 0 Å². The van der Waals surface area contributed by atoms with Crippen LogP contribution in [0.1, 0.15) is 10.4 Å². The molecular weight excluding hydrogens is 183 g/mol. The molecule has 0 aliphatic rings. The van der Waals surface area contributed by atoms with Gasteiger partial charge in [0.2, 0.25) is 0 Å². The molecule has 0 fully saturated rings. The number of nitrogens with one attached hydrogen (secondary N) is 1. The van der Waals surface area contributed by atoms with Crippen molar-refractivity contribution in [1.29, 1.82) is 0 Å². The lowest BCUT2D eigenvalue weighted by molar-refractivity contribution is 0.0823. The average Bonchev–Trinajstić information content (AvgIpc) is 2.17. The summed E-state index contributed by atoms with van der Waals surface area (Å²) < 4.78 is 13.2. The van der Waals surface area contributed by atoms with E-state index in [1.807, 2.05) is 0 Å². The summed E-state index contributed by atoms with van der Waals surface area (Å²) in [5.74, 6) is -0.831. The SMILES string of the molecule is CNc1ccc(F)c(C(=O)N(C)C)c1. The third-order valence-electron chi connectivity index (χ3n) is 1.89. The van der Waals surface area contributed by atoms with Crippen molar-refractivity contribution in [1.82, 2.24) is 4.90 Å². The summed E-state index contributed by atoms with van der Waals surface area (Å²) in [6.45, 7) is 0. The normalized spacial score (nSPS) is 9.71. The molecule has 14 heavy (non-hydrogen) atoms. The van der Waals surface area contributed by atoms with Crippen LogP contribution in [-0.2, 0) is 0 Å². The fraction of sp³-hybridized carbons (Fsp3) is 0.300. The van der Waals surface area contributed by atoms with Gasteiger partial charge in [-0.05, 0) is 18.2 Å². The van der Waals surface area contributed by atoms with Crippen LogP contribution in [0.2, 0.25) is 0 Å². The van der Waals surface area contributed by atoms with E-state index in [1.54, 1.807) is 27.2 Å². The van der Waals surface area contributed by atoms with Crippen LogP contribution in [-0.4, -0.2) is 32.0 Å². The number of hydrogen-bond acceptors (Lipinski definition) is 2. The molecule has 1 aromatic carbocycles. The number of anilines is 1. The maximum Gasteiger partial charge on any atom is 0.256 e. The number of halogens is 1. The lowest BCUT2D eigenvalue weighted by Crippen LogP contribution is -2.22. The first kappa shape index (κ1) is 10.5. The zero-order valence-electron chi connectivity index (χ0n) is 8.47. The van der Waals surface area contributed by atoms with Gasteiger partial charge >= 0.3 is 0 Å². The highest BCUT2D eigenvalue weighted by Gasteiger charge is 2.13. The van der Waals surface area contributed by atoms with Crippen LogP contribution in [0, 0.1) is 5.82 Å². The molecule has 4 heteroatoms. The molecule has 0 unspecified atom stereocenters. The minimum Gasteiger partial charge on any atom is -0.388 e. The van der Waals surface area contributed by atoms with Crippen LogP contribution in [0.25, 0.3) is 0 Å². The Hall–Kier alpha value is -1.58. The molecule has 0 radical (unpaired) electrons. The maximum atomic E-state index is 13.2. The van der Waals surface area contributed by atoms with Gasteiger partial charge in [0.15, 0.2) is 0 Å². The van der Waals surface area contributed by atoms with Gasteiger partial charge in [-0.3, -0.25) is 4.79 Å². The van der Waals surface area contributed by atoms with Gasteiger partial charge in [-0.1, -0.05) is 0 Å². The van der Waals surface area contributed by atoms with E-state index in [-0.39, 0.29) is 11.5 Å². The molecule has 0 aliphatic carbocycles. The molecule has 1 aromatic rings. The van der Waals surface area contributed by atoms with Crippen molar-refractivity contribution in [3.05, 3.63) is 29.6 Å². The quantitative estimate of drug-likeness (QED) is 0.778. The zero-order chi connectivity index (χ0) is 10.7. The number of hydrogen-bond donors (Lipinski definition) is 1. The van der Waals surface area contributed by atoms with Gasteiger partial charge in [-0.25, -0.2) is 4.39 Å². The Morgan fingerprint density at radius 1 is 1.43 bits per heavy atom. The third-order valence-corrected chi connectivity index (χ3v) is 1.89. The topological polar surface area (TPSA) is 32.3 Å². The smallest absolute Gasteiger partial charge is 0.256 e. The summed E-state index contributed by atoms with van der Waals surface area (Å²) in [5, 5.41) is 2.85. The van der Waals surface area contributed by atoms with Gasteiger partial charge in [0.05, 0.1) is 5.56 Å².